The summed E-state index contributed by atoms with van der Waals surface area (Å²) >= 11 is 5.93. The van der Waals surface area contributed by atoms with Gasteiger partial charge in [-0.2, -0.15) is 0 Å². The Balaban J connectivity index is 2.10. The normalized spacial score (nSPS) is 15.7. The molecule has 2 aromatic rings. The standard InChI is InChI=1S/C15H16ClN5/c1-3-21-12-7-5-4-6-10(12)19-14(21)13(17)11-8-9(2)18-15(16)20-11/h4-8,19H,3,17H2,1-2H3/b14-13-. The first-order chi connectivity index (χ1) is 10.1. The van der Waals surface area contributed by atoms with Crippen LogP contribution >= 0.6 is 11.6 Å². The molecule has 0 radical (unpaired) electrons. The summed E-state index contributed by atoms with van der Waals surface area (Å²) in [6, 6.07) is 9.91. The highest BCUT2D eigenvalue weighted by Gasteiger charge is 2.25. The van der Waals surface area contributed by atoms with Gasteiger partial charge in [0.05, 0.1) is 22.8 Å². The molecule has 0 amide bonds. The van der Waals surface area contributed by atoms with Crippen LogP contribution in [0.4, 0.5) is 11.4 Å². The highest BCUT2D eigenvalue weighted by Crippen LogP contribution is 2.37. The lowest BCUT2D eigenvalue weighted by Crippen LogP contribution is -2.24. The molecule has 0 saturated heterocycles. The van der Waals surface area contributed by atoms with Gasteiger partial charge in [-0.15, -0.1) is 0 Å². The van der Waals surface area contributed by atoms with Crippen molar-refractivity contribution in [1.82, 2.24) is 9.97 Å². The molecule has 3 N–H and O–H groups in total. The fourth-order valence-electron chi connectivity index (χ4n) is 2.46. The number of benzene rings is 1. The van der Waals surface area contributed by atoms with Crippen LogP contribution in [0.3, 0.4) is 0 Å². The van der Waals surface area contributed by atoms with Gasteiger partial charge in [0.2, 0.25) is 5.28 Å². The number of aryl methyl sites for hydroxylation is 1. The Labute approximate surface area is 128 Å². The first kappa shape index (κ1) is 13.7. The molecule has 0 aliphatic carbocycles. The first-order valence-corrected chi connectivity index (χ1v) is 7.13. The summed E-state index contributed by atoms with van der Waals surface area (Å²) in [5.41, 5.74) is 10.4. The number of nitrogens with one attached hydrogen (secondary N) is 1. The molecule has 6 heteroatoms. The van der Waals surface area contributed by atoms with Gasteiger partial charge < -0.3 is 16.0 Å². The van der Waals surface area contributed by atoms with Crippen LogP contribution in [0.25, 0.3) is 5.70 Å². The lowest BCUT2D eigenvalue weighted by Gasteiger charge is -2.19. The van der Waals surface area contributed by atoms with E-state index in [-0.39, 0.29) is 5.28 Å². The van der Waals surface area contributed by atoms with E-state index in [1.165, 1.54) is 0 Å². The van der Waals surface area contributed by atoms with Gasteiger partial charge in [0.1, 0.15) is 5.82 Å². The van der Waals surface area contributed by atoms with Crippen LogP contribution in [0.2, 0.25) is 5.28 Å². The summed E-state index contributed by atoms with van der Waals surface area (Å²) in [5, 5.41) is 3.55. The molecule has 1 aliphatic heterocycles. The fourth-order valence-corrected chi connectivity index (χ4v) is 2.69. The third kappa shape index (κ3) is 2.40. The van der Waals surface area contributed by atoms with Gasteiger partial charge in [0, 0.05) is 12.2 Å². The van der Waals surface area contributed by atoms with Crippen molar-refractivity contribution >= 4 is 28.7 Å². The molecular weight excluding hydrogens is 286 g/mol. The van der Waals surface area contributed by atoms with Gasteiger partial charge >= 0.3 is 0 Å². The fraction of sp³-hybridized carbons (Fsp3) is 0.200. The zero-order valence-electron chi connectivity index (χ0n) is 11.9. The highest BCUT2D eigenvalue weighted by molar-refractivity contribution is 6.28. The quantitative estimate of drug-likeness (QED) is 0.835. The van der Waals surface area contributed by atoms with Crippen molar-refractivity contribution < 1.29 is 0 Å². The monoisotopic (exact) mass is 301 g/mol. The van der Waals surface area contributed by atoms with Gasteiger partial charge in [-0.3, -0.25) is 0 Å². The number of nitrogens with two attached hydrogens (primary N) is 1. The van der Waals surface area contributed by atoms with E-state index in [1.807, 2.05) is 31.2 Å². The number of fused-ring (bicyclic) bond motifs is 1. The van der Waals surface area contributed by atoms with Crippen molar-refractivity contribution in [3.8, 4) is 0 Å². The van der Waals surface area contributed by atoms with E-state index in [1.54, 1.807) is 0 Å². The number of para-hydroxylation sites is 2. The van der Waals surface area contributed by atoms with Gasteiger partial charge in [0.25, 0.3) is 0 Å². The summed E-state index contributed by atoms with van der Waals surface area (Å²) in [7, 11) is 0. The van der Waals surface area contributed by atoms with Crippen LogP contribution in [-0.4, -0.2) is 16.5 Å². The van der Waals surface area contributed by atoms with Crippen molar-refractivity contribution in [3.05, 3.63) is 52.8 Å². The highest BCUT2D eigenvalue weighted by atomic mass is 35.5. The predicted octanol–water partition coefficient (Wildman–Crippen LogP) is 2.98. The topological polar surface area (TPSA) is 67.1 Å². The second-order valence-electron chi connectivity index (χ2n) is 4.81. The maximum absolute atomic E-state index is 6.31. The van der Waals surface area contributed by atoms with Crippen molar-refractivity contribution in [2.24, 2.45) is 5.73 Å². The molecule has 1 aliphatic rings. The number of anilines is 2. The molecule has 0 fully saturated rings. The van der Waals surface area contributed by atoms with E-state index in [9.17, 15) is 0 Å². The Kier molecular flexibility index (Phi) is 3.43. The van der Waals surface area contributed by atoms with E-state index in [4.69, 9.17) is 17.3 Å². The van der Waals surface area contributed by atoms with Gasteiger partial charge in [-0.1, -0.05) is 12.1 Å². The summed E-state index contributed by atoms with van der Waals surface area (Å²) in [6.45, 7) is 4.75. The first-order valence-electron chi connectivity index (χ1n) is 6.75. The van der Waals surface area contributed by atoms with E-state index in [2.05, 4.69) is 33.2 Å². The van der Waals surface area contributed by atoms with Crippen molar-refractivity contribution in [2.75, 3.05) is 16.8 Å². The van der Waals surface area contributed by atoms with Crippen molar-refractivity contribution in [2.45, 2.75) is 13.8 Å². The SMILES string of the molecule is CCN1/C(=C(\N)c2cc(C)nc(Cl)n2)Nc2ccccc21. The summed E-state index contributed by atoms with van der Waals surface area (Å²) < 4.78 is 0. The van der Waals surface area contributed by atoms with Crippen LogP contribution in [0.15, 0.2) is 36.2 Å². The Morgan fingerprint density at radius 2 is 2.10 bits per heavy atom. The summed E-state index contributed by atoms with van der Waals surface area (Å²) in [4.78, 5) is 10.4. The molecule has 0 saturated carbocycles. The van der Waals surface area contributed by atoms with Crippen molar-refractivity contribution in [1.29, 1.82) is 0 Å². The van der Waals surface area contributed by atoms with E-state index in [0.717, 1.165) is 29.4 Å². The molecule has 108 valence electrons. The molecular formula is C15H16ClN5. The summed E-state index contributed by atoms with van der Waals surface area (Å²) in [6.07, 6.45) is 0. The maximum atomic E-state index is 6.31. The smallest absolute Gasteiger partial charge is 0.223 e. The zero-order valence-corrected chi connectivity index (χ0v) is 12.6. The number of hydrogen-bond donors (Lipinski definition) is 2. The molecule has 21 heavy (non-hydrogen) atoms. The third-order valence-electron chi connectivity index (χ3n) is 3.39. The number of halogens is 1. The molecule has 3 rings (SSSR count). The molecule has 0 unspecified atom stereocenters. The van der Waals surface area contributed by atoms with E-state index in [0.29, 0.717) is 11.4 Å². The molecule has 5 nitrogen and oxygen atoms in total. The molecule has 2 heterocycles. The zero-order chi connectivity index (χ0) is 15.0. The van der Waals surface area contributed by atoms with Crippen molar-refractivity contribution in [3.63, 3.8) is 0 Å². The molecule has 1 aromatic carbocycles. The number of aromatic nitrogens is 2. The summed E-state index contributed by atoms with van der Waals surface area (Å²) in [5.74, 6) is 0.827. The largest absolute Gasteiger partial charge is 0.394 e. The van der Waals surface area contributed by atoms with Crippen LogP contribution in [0, 0.1) is 6.92 Å². The lowest BCUT2D eigenvalue weighted by atomic mass is 10.2. The number of hydrogen-bond acceptors (Lipinski definition) is 5. The van der Waals surface area contributed by atoms with Crippen LogP contribution < -0.4 is 16.0 Å². The Morgan fingerprint density at radius 1 is 1.33 bits per heavy atom. The molecule has 0 spiro atoms. The van der Waals surface area contributed by atoms with E-state index >= 15 is 0 Å². The third-order valence-corrected chi connectivity index (χ3v) is 3.56. The number of nitrogens with zero attached hydrogens (tertiary/aromatic N) is 3. The second kappa shape index (κ2) is 5.26. The Hall–Kier alpha value is -2.27. The van der Waals surface area contributed by atoms with Crippen LogP contribution in [0.5, 0.6) is 0 Å². The minimum absolute atomic E-state index is 0.201. The number of rotatable bonds is 2. The average molecular weight is 302 g/mol. The Bertz CT molecular complexity index is 706. The maximum Gasteiger partial charge on any atom is 0.223 e. The molecule has 0 atom stereocenters. The second-order valence-corrected chi connectivity index (χ2v) is 5.15. The van der Waals surface area contributed by atoms with Gasteiger partial charge in [0.15, 0.2) is 0 Å². The Morgan fingerprint density at radius 3 is 2.81 bits per heavy atom. The predicted molar refractivity (Wildman–Crippen MR) is 86.0 cm³/mol. The molecule has 1 aromatic heterocycles. The van der Waals surface area contributed by atoms with Gasteiger partial charge in [-0.05, 0) is 43.6 Å². The average Bonchev–Trinajstić information content (AvgIpc) is 2.83. The van der Waals surface area contributed by atoms with Gasteiger partial charge in [-0.25, -0.2) is 9.97 Å². The lowest BCUT2D eigenvalue weighted by molar-refractivity contribution is 0.983. The van der Waals surface area contributed by atoms with Crippen LogP contribution in [-0.2, 0) is 0 Å². The molecule has 0 bridgehead atoms. The minimum Gasteiger partial charge on any atom is -0.394 e. The minimum atomic E-state index is 0.201. The van der Waals surface area contributed by atoms with Crippen LogP contribution in [0.1, 0.15) is 18.3 Å². The van der Waals surface area contributed by atoms with E-state index < -0.39 is 0 Å².